The van der Waals surface area contributed by atoms with Crippen molar-refractivity contribution in [2.24, 2.45) is 5.41 Å². The molecule has 7 rings (SSSR count). The number of fused-ring (bicyclic) bond motifs is 1. The molecule has 52 heavy (non-hydrogen) atoms. The molecule has 2 aliphatic heterocycles. The number of aliphatic hydroxyl groups excluding tert-OH is 1. The number of nitrogens with one attached hydrogen (secondary N) is 3. The summed E-state index contributed by atoms with van der Waals surface area (Å²) in [6.45, 7) is 5.79. The van der Waals surface area contributed by atoms with Crippen LogP contribution in [0.15, 0.2) is 60.8 Å². The monoisotopic (exact) mass is 744 g/mol. The summed E-state index contributed by atoms with van der Waals surface area (Å²) in [5.41, 5.74) is 5.93. The Morgan fingerprint density at radius 2 is 1.88 bits per heavy atom. The van der Waals surface area contributed by atoms with Gasteiger partial charge in [0, 0.05) is 67.9 Å². The van der Waals surface area contributed by atoms with E-state index in [0.717, 1.165) is 65.9 Å². The second kappa shape index (κ2) is 15.4. The molecule has 2 aromatic heterocycles. The van der Waals surface area contributed by atoms with Gasteiger partial charge in [0.25, 0.3) is 5.91 Å². The maximum absolute atomic E-state index is 13.4. The van der Waals surface area contributed by atoms with Gasteiger partial charge in [0.15, 0.2) is 0 Å². The molecule has 2 amide bonds. The number of benzene rings is 2. The van der Waals surface area contributed by atoms with Crippen LogP contribution < -0.4 is 25.4 Å². The third-order valence-electron chi connectivity index (χ3n) is 10.0. The van der Waals surface area contributed by atoms with Crippen LogP contribution >= 0.6 is 23.2 Å². The van der Waals surface area contributed by atoms with Gasteiger partial charge in [0.1, 0.15) is 16.9 Å². The average Bonchev–Trinajstić information content (AvgIpc) is 3.74. The van der Waals surface area contributed by atoms with Crippen molar-refractivity contribution in [2.75, 3.05) is 38.7 Å². The van der Waals surface area contributed by atoms with Crippen molar-refractivity contribution in [1.29, 1.82) is 0 Å². The Balaban J connectivity index is 1.02. The number of methoxy groups -OCH3 is 1. The fourth-order valence-electron chi connectivity index (χ4n) is 7.41. The normalized spacial score (nSPS) is 19.1. The predicted molar refractivity (Wildman–Crippen MR) is 200 cm³/mol. The number of hydrogen-bond donors (Lipinski definition) is 4. The van der Waals surface area contributed by atoms with Gasteiger partial charge in [-0.1, -0.05) is 66.5 Å². The van der Waals surface area contributed by atoms with Crippen LogP contribution in [0.5, 0.6) is 11.8 Å². The summed E-state index contributed by atoms with van der Waals surface area (Å²) in [4.78, 5) is 36.3. The van der Waals surface area contributed by atoms with E-state index in [1.807, 2.05) is 36.4 Å². The maximum atomic E-state index is 13.4. The molecule has 2 fully saturated rings. The number of hydrogen-bond acceptors (Lipinski definition) is 9. The molecule has 0 spiro atoms. The van der Waals surface area contributed by atoms with Gasteiger partial charge in [0.05, 0.1) is 24.3 Å². The van der Waals surface area contributed by atoms with Crippen LogP contribution in [0.2, 0.25) is 10.0 Å². The Morgan fingerprint density at radius 1 is 1.08 bits per heavy atom. The van der Waals surface area contributed by atoms with Crippen molar-refractivity contribution in [1.82, 2.24) is 25.5 Å². The number of amides is 2. The van der Waals surface area contributed by atoms with Crippen LogP contribution in [-0.4, -0.2) is 71.2 Å². The molecule has 0 saturated carbocycles. The Labute approximate surface area is 313 Å². The first-order chi connectivity index (χ1) is 25.1. The highest BCUT2D eigenvalue weighted by Crippen LogP contribution is 2.43. The first-order valence-electron chi connectivity index (χ1n) is 17.5. The van der Waals surface area contributed by atoms with Gasteiger partial charge >= 0.3 is 0 Å². The first kappa shape index (κ1) is 36.1. The molecule has 272 valence electrons. The topological polar surface area (TPSA) is 138 Å². The molecule has 3 aliphatic rings. The van der Waals surface area contributed by atoms with Gasteiger partial charge in [-0.3, -0.25) is 14.5 Å². The minimum atomic E-state index is -0.346. The molecule has 4 heterocycles. The van der Waals surface area contributed by atoms with Crippen molar-refractivity contribution in [3.8, 4) is 22.9 Å². The molecule has 11 nitrogen and oxygen atoms in total. The van der Waals surface area contributed by atoms with Crippen LogP contribution in [0.3, 0.4) is 0 Å². The zero-order valence-electron chi connectivity index (χ0n) is 29.2. The zero-order chi connectivity index (χ0) is 36.4. The van der Waals surface area contributed by atoms with E-state index in [9.17, 15) is 14.7 Å². The van der Waals surface area contributed by atoms with Crippen LogP contribution in [0.1, 0.15) is 64.9 Å². The number of ether oxygens (including phenoxy) is 2. The minimum Gasteiger partial charge on any atom is -0.481 e. The minimum absolute atomic E-state index is 0.0330. The number of aliphatic hydroxyl groups is 1. The lowest BCUT2D eigenvalue weighted by Crippen LogP contribution is -2.55. The van der Waals surface area contributed by atoms with Crippen LogP contribution in [0.4, 0.5) is 5.82 Å². The van der Waals surface area contributed by atoms with Crippen molar-refractivity contribution < 1.29 is 24.2 Å². The maximum Gasteiger partial charge on any atom is 0.258 e. The van der Waals surface area contributed by atoms with Gasteiger partial charge in [-0.25, -0.2) is 4.98 Å². The lowest BCUT2D eigenvalue weighted by molar-refractivity contribution is -0.119. The highest BCUT2D eigenvalue weighted by molar-refractivity contribution is 6.37. The van der Waals surface area contributed by atoms with Crippen molar-refractivity contribution in [3.05, 3.63) is 98.7 Å². The van der Waals surface area contributed by atoms with E-state index in [2.05, 4.69) is 37.7 Å². The fourth-order valence-corrected chi connectivity index (χ4v) is 7.94. The van der Waals surface area contributed by atoms with Crippen molar-refractivity contribution >= 4 is 40.8 Å². The lowest BCUT2D eigenvalue weighted by atomic mass is 9.83. The number of carbonyl (C=O) groups excluding carboxylic acids is 2. The van der Waals surface area contributed by atoms with E-state index >= 15 is 0 Å². The number of pyridine rings is 2. The molecular weight excluding hydrogens is 703 g/mol. The van der Waals surface area contributed by atoms with Gasteiger partial charge in [-0.2, -0.15) is 4.98 Å². The highest BCUT2D eigenvalue weighted by Gasteiger charge is 2.37. The molecule has 4 N–H and O–H groups in total. The third-order valence-corrected chi connectivity index (χ3v) is 10.7. The largest absolute Gasteiger partial charge is 0.481 e. The van der Waals surface area contributed by atoms with Gasteiger partial charge in [0.2, 0.25) is 17.7 Å². The summed E-state index contributed by atoms with van der Waals surface area (Å²) in [6.07, 6.45) is 4.29. The zero-order valence-corrected chi connectivity index (χ0v) is 30.7. The molecule has 0 unspecified atom stereocenters. The van der Waals surface area contributed by atoms with Crippen molar-refractivity contribution in [3.63, 3.8) is 0 Å². The second-order valence-corrected chi connectivity index (χ2v) is 15.0. The molecule has 2 aromatic carbocycles. The lowest BCUT2D eigenvalue weighted by Gasteiger charge is -2.47. The quantitative estimate of drug-likeness (QED) is 0.131. The number of rotatable bonds is 13. The number of anilines is 1. The molecule has 1 aliphatic carbocycles. The number of carbonyl (C=O) groups is 2. The molecule has 13 heteroatoms. The fraction of sp³-hybridized carbons (Fsp3) is 0.385. The third kappa shape index (κ3) is 7.74. The molecule has 4 aromatic rings. The number of halogens is 2. The SMILES string of the molecule is COc1nc(O[C@H]2CCc3c(-c4cccc(C(=O)Nc5ccc(CN6CC(C)(CO)C6)cn5)c4Cl)cccc32)c(Cl)cc1CNC[C@@H]1CCC(=O)N1. The smallest absolute Gasteiger partial charge is 0.258 e. The van der Waals surface area contributed by atoms with Crippen LogP contribution in [0.25, 0.3) is 11.1 Å². The molecule has 2 saturated heterocycles. The summed E-state index contributed by atoms with van der Waals surface area (Å²) in [7, 11) is 1.56. The number of aromatic nitrogens is 2. The first-order valence-corrected chi connectivity index (χ1v) is 18.3. The van der Waals surface area contributed by atoms with Crippen molar-refractivity contribution in [2.45, 2.75) is 57.8 Å². The van der Waals surface area contributed by atoms with E-state index in [4.69, 9.17) is 32.7 Å². The molecule has 2 atom stereocenters. The Hall–Kier alpha value is -4.26. The molecule has 0 radical (unpaired) electrons. The average molecular weight is 746 g/mol. The number of nitrogens with zero attached hydrogens (tertiary/aromatic N) is 3. The van der Waals surface area contributed by atoms with E-state index in [1.54, 1.807) is 31.5 Å². The highest BCUT2D eigenvalue weighted by atomic mass is 35.5. The standard InChI is InChI=1S/C39H42Cl2N6O5/c1-39(22-48)20-47(21-39)19-23-9-13-33(43-16-23)45-36(50)30-8-4-7-29(35(30)41)26-5-3-6-28-27(26)11-12-32(28)52-38-31(40)15-24(37(46-38)51-2)17-42-18-25-10-14-34(49)44-25/h3-9,13,15-16,25,32,42,48H,10-12,14,17-22H2,1-2H3,(H,44,49)(H,43,45,50)/t25-,32-/m0/s1. The predicted octanol–water partition coefficient (Wildman–Crippen LogP) is 5.96. The molecular formula is C39H42Cl2N6O5. The summed E-state index contributed by atoms with van der Waals surface area (Å²) in [5, 5.41) is 19.4. The van der Waals surface area contributed by atoms with E-state index in [0.29, 0.717) is 53.2 Å². The Morgan fingerprint density at radius 3 is 2.62 bits per heavy atom. The summed E-state index contributed by atoms with van der Waals surface area (Å²) >= 11 is 13.7. The van der Waals surface area contributed by atoms with Gasteiger partial charge < -0.3 is 30.5 Å². The summed E-state index contributed by atoms with van der Waals surface area (Å²) in [6, 6.07) is 17.1. The Kier molecular flexibility index (Phi) is 10.7. The number of likely N-dealkylation sites (tertiary alicyclic amines) is 1. The van der Waals surface area contributed by atoms with E-state index in [1.165, 1.54) is 0 Å². The second-order valence-electron chi connectivity index (χ2n) is 14.2. The Bertz CT molecular complexity index is 1970. The van der Waals surface area contributed by atoms with E-state index in [-0.39, 0.29) is 41.9 Å². The van der Waals surface area contributed by atoms with Crippen LogP contribution in [0, 0.1) is 5.41 Å². The van der Waals surface area contributed by atoms with E-state index < -0.39 is 0 Å². The van der Waals surface area contributed by atoms with Gasteiger partial charge in [-0.15, -0.1) is 0 Å². The summed E-state index contributed by atoms with van der Waals surface area (Å²) < 4.78 is 12.0. The van der Waals surface area contributed by atoms with Gasteiger partial charge in [-0.05, 0) is 59.7 Å². The molecule has 0 bridgehead atoms. The van der Waals surface area contributed by atoms with Crippen LogP contribution in [-0.2, 0) is 24.3 Å². The summed E-state index contributed by atoms with van der Waals surface area (Å²) in [5.74, 6) is 0.878.